The van der Waals surface area contributed by atoms with E-state index in [4.69, 9.17) is 4.42 Å². The van der Waals surface area contributed by atoms with Crippen molar-refractivity contribution in [2.45, 2.75) is 19.3 Å². The zero-order chi connectivity index (χ0) is 19.2. The first-order valence-electron chi connectivity index (χ1n) is 8.94. The molecule has 1 fully saturated rings. The third kappa shape index (κ3) is 4.81. The van der Waals surface area contributed by atoms with Gasteiger partial charge in [0.05, 0.1) is 6.26 Å². The van der Waals surface area contributed by atoms with Crippen LogP contribution in [0.5, 0.6) is 0 Å². The maximum atomic E-state index is 12.9. The van der Waals surface area contributed by atoms with Gasteiger partial charge in [-0.3, -0.25) is 14.4 Å². The lowest BCUT2D eigenvalue weighted by Crippen LogP contribution is -2.50. The molecule has 0 N–H and O–H groups in total. The fourth-order valence-electron chi connectivity index (χ4n) is 3.05. The third-order valence-corrected chi connectivity index (χ3v) is 4.61. The third-order valence-electron chi connectivity index (χ3n) is 4.61. The molecule has 3 rings (SSSR count). The molecule has 0 saturated carbocycles. The summed E-state index contributed by atoms with van der Waals surface area (Å²) < 4.78 is 18.0. The minimum absolute atomic E-state index is 0.0213. The van der Waals surface area contributed by atoms with E-state index in [1.807, 2.05) is 0 Å². The maximum absolute atomic E-state index is 12.9. The number of piperazine rings is 1. The first-order chi connectivity index (χ1) is 13.0. The predicted molar refractivity (Wildman–Crippen MR) is 95.8 cm³/mol. The highest BCUT2D eigenvalue weighted by Gasteiger charge is 2.25. The summed E-state index contributed by atoms with van der Waals surface area (Å²) >= 11 is 0. The van der Waals surface area contributed by atoms with Crippen LogP contribution in [0.4, 0.5) is 4.39 Å². The van der Waals surface area contributed by atoms with Crippen LogP contribution in [0.15, 0.2) is 47.1 Å². The van der Waals surface area contributed by atoms with Crippen LogP contribution < -0.4 is 0 Å². The Morgan fingerprint density at radius 2 is 1.59 bits per heavy atom. The van der Waals surface area contributed by atoms with Crippen LogP contribution in [0.2, 0.25) is 0 Å². The molecule has 0 spiro atoms. The number of Topliss-reactive ketones (excluding diaryl/α,β-unsaturated/α-hetero) is 1. The fraction of sp³-hybridized carbons (Fsp3) is 0.350. The van der Waals surface area contributed by atoms with E-state index >= 15 is 0 Å². The summed E-state index contributed by atoms with van der Waals surface area (Å²) in [6, 6.07) is 8.70. The molecule has 2 heterocycles. The molecule has 0 aliphatic carbocycles. The highest BCUT2D eigenvalue weighted by atomic mass is 19.1. The molecule has 1 aromatic heterocycles. The Labute approximate surface area is 156 Å². The van der Waals surface area contributed by atoms with Crippen molar-refractivity contribution in [1.29, 1.82) is 0 Å². The van der Waals surface area contributed by atoms with Crippen LogP contribution in [-0.4, -0.2) is 53.6 Å². The number of carbonyl (C=O) groups is 3. The van der Waals surface area contributed by atoms with E-state index in [1.54, 1.807) is 21.9 Å². The average Bonchev–Trinajstić information content (AvgIpc) is 3.22. The number of nitrogens with zero attached hydrogens (tertiary/aromatic N) is 2. The number of amides is 2. The molecule has 1 saturated heterocycles. The van der Waals surface area contributed by atoms with Crippen LogP contribution in [-0.2, 0) is 4.79 Å². The molecule has 6 nitrogen and oxygen atoms in total. The summed E-state index contributed by atoms with van der Waals surface area (Å²) in [5.74, 6) is -0.374. The first-order valence-corrected chi connectivity index (χ1v) is 8.94. The van der Waals surface area contributed by atoms with Gasteiger partial charge in [0, 0.05) is 44.6 Å². The molecule has 7 heteroatoms. The number of benzene rings is 1. The molecular formula is C20H21FN2O4. The predicted octanol–water partition coefficient (Wildman–Crippen LogP) is 2.76. The summed E-state index contributed by atoms with van der Waals surface area (Å²) in [6.45, 7) is 1.86. The zero-order valence-corrected chi connectivity index (χ0v) is 14.9. The molecule has 0 unspecified atom stereocenters. The van der Waals surface area contributed by atoms with Gasteiger partial charge in [-0.1, -0.05) is 0 Å². The summed E-state index contributed by atoms with van der Waals surface area (Å²) in [5.41, 5.74) is 0.453. The van der Waals surface area contributed by atoms with Crippen molar-refractivity contribution in [1.82, 2.24) is 9.80 Å². The number of hydrogen-bond donors (Lipinski definition) is 0. The maximum Gasteiger partial charge on any atom is 0.289 e. The summed E-state index contributed by atoms with van der Waals surface area (Å²) in [5, 5.41) is 0. The molecule has 1 aliphatic heterocycles. The van der Waals surface area contributed by atoms with E-state index in [0.29, 0.717) is 43.9 Å². The Hall–Kier alpha value is -2.96. The van der Waals surface area contributed by atoms with Crippen molar-refractivity contribution in [3.05, 3.63) is 59.8 Å². The SMILES string of the molecule is O=C(CCCC(=O)N1CCN(C(=O)c2ccco2)CC1)c1ccc(F)cc1. The standard InChI is InChI=1S/C20H21FN2O4/c21-16-8-6-15(7-9-16)17(24)3-1-5-19(25)22-10-12-23(13-11-22)20(26)18-4-2-14-27-18/h2,4,6-9,14H,1,3,5,10-13H2. The molecule has 1 aliphatic rings. The molecule has 0 radical (unpaired) electrons. The van der Waals surface area contributed by atoms with Crippen molar-refractivity contribution in [2.75, 3.05) is 26.2 Å². The minimum Gasteiger partial charge on any atom is -0.459 e. The number of rotatable bonds is 6. The lowest BCUT2D eigenvalue weighted by molar-refractivity contribution is -0.132. The highest BCUT2D eigenvalue weighted by Crippen LogP contribution is 2.12. The van der Waals surface area contributed by atoms with Crippen molar-refractivity contribution in [3.8, 4) is 0 Å². The second-order valence-corrected chi connectivity index (χ2v) is 6.43. The second-order valence-electron chi connectivity index (χ2n) is 6.43. The van der Waals surface area contributed by atoms with E-state index in [9.17, 15) is 18.8 Å². The minimum atomic E-state index is -0.383. The van der Waals surface area contributed by atoms with Gasteiger partial charge >= 0.3 is 0 Å². The monoisotopic (exact) mass is 372 g/mol. The Morgan fingerprint density at radius 3 is 2.22 bits per heavy atom. The number of furan rings is 1. The Balaban J connectivity index is 1.40. The van der Waals surface area contributed by atoms with Gasteiger partial charge in [-0.2, -0.15) is 0 Å². The van der Waals surface area contributed by atoms with Gasteiger partial charge in [0.15, 0.2) is 11.5 Å². The summed E-state index contributed by atoms with van der Waals surface area (Å²) in [4.78, 5) is 39.9. The molecule has 2 amide bonds. The molecular weight excluding hydrogens is 351 g/mol. The second kappa shape index (κ2) is 8.62. The van der Waals surface area contributed by atoms with Crippen molar-refractivity contribution >= 4 is 17.6 Å². The van der Waals surface area contributed by atoms with E-state index in [2.05, 4.69) is 0 Å². The Morgan fingerprint density at radius 1 is 0.926 bits per heavy atom. The molecule has 27 heavy (non-hydrogen) atoms. The zero-order valence-electron chi connectivity index (χ0n) is 14.9. The normalized spacial score (nSPS) is 14.3. The van der Waals surface area contributed by atoms with Gasteiger partial charge < -0.3 is 14.2 Å². The average molecular weight is 372 g/mol. The summed E-state index contributed by atoms with van der Waals surface area (Å²) in [6.07, 6.45) is 2.42. The topological polar surface area (TPSA) is 70.8 Å². The van der Waals surface area contributed by atoms with Crippen molar-refractivity contribution < 1.29 is 23.2 Å². The molecule has 0 atom stereocenters. The fourth-order valence-corrected chi connectivity index (χ4v) is 3.05. The lowest BCUT2D eigenvalue weighted by atomic mass is 10.1. The van der Waals surface area contributed by atoms with E-state index in [0.717, 1.165) is 0 Å². The van der Waals surface area contributed by atoms with E-state index < -0.39 is 0 Å². The number of ketones is 1. The highest BCUT2D eigenvalue weighted by molar-refractivity contribution is 5.96. The Bertz CT molecular complexity index is 794. The van der Waals surface area contributed by atoms with Crippen molar-refractivity contribution in [3.63, 3.8) is 0 Å². The number of halogens is 1. The molecule has 0 bridgehead atoms. The molecule has 1 aromatic carbocycles. The van der Waals surface area contributed by atoms with Crippen LogP contribution in [0.1, 0.15) is 40.2 Å². The van der Waals surface area contributed by atoms with Gasteiger partial charge in [0.2, 0.25) is 5.91 Å². The quantitative estimate of drug-likeness (QED) is 0.731. The van der Waals surface area contributed by atoms with E-state index in [1.165, 1.54) is 30.5 Å². The van der Waals surface area contributed by atoms with Crippen LogP contribution >= 0.6 is 0 Å². The number of hydrogen-bond acceptors (Lipinski definition) is 4. The van der Waals surface area contributed by atoms with Crippen LogP contribution in [0.3, 0.4) is 0 Å². The Kier molecular flexibility index (Phi) is 6.01. The van der Waals surface area contributed by atoms with Crippen molar-refractivity contribution in [2.24, 2.45) is 0 Å². The smallest absolute Gasteiger partial charge is 0.289 e. The largest absolute Gasteiger partial charge is 0.459 e. The van der Waals surface area contributed by atoms with Crippen LogP contribution in [0, 0.1) is 5.82 Å². The van der Waals surface area contributed by atoms with Gasteiger partial charge in [0.25, 0.3) is 5.91 Å². The van der Waals surface area contributed by atoms with Crippen LogP contribution in [0.25, 0.3) is 0 Å². The van der Waals surface area contributed by atoms with Gasteiger partial charge in [-0.25, -0.2) is 4.39 Å². The molecule has 142 valence electrons. The number of carbonyl (C=O) groups excluding carboxylic acids is 3. The first kappa shape index (κ1) is 18.8. The van der Waals surface area contributed by atoms with E-state index in [-0.39, 0.29) is 36.3 Å². The molecule has 2 aromatic rings. The summed E-state index contributed by atoms with van der Waals surface area (Å²) in [7, 11) is 0. The van der Waals surface area contributed by atoms with Gasteiger partial charge in [0.1, 0.15) is 5.82 Å². The van der Waals surface area contributed by atoms with Gasteiger partial charge in [-0.05, 0) is 42.8 Å². The van der Waals surface area contributed by atoms with Gasteiger partial charge in [-0.15, -0.1) is 0 Å². The lowest BCUT2D eigenvalue weighted by Gasteiger charge is -2.34.